The Morgan fingerprint density at radius 1 is 1.07 bits per heavy atom. The molecule has 0 saturated carbocycles. The number of carbonyl (C=O) groups excluding carboxylic acids is 2. The second kappa shape index (κ2) is 11.7. The minimum atomic E-state index is -0.551. The van der Waals surface area contributed by atoms with Crippen LogP contribution < -0.4 is 10.2 Å². The molecule has 0 saturated heterocycles. The fourth-order valence-corrected chi connectivity index (χ4v) is 6.20. The number of hydrogen-bond acceptors (Lipinski definition) is 4. The predicted octanol–water partition coefficient (Wildman–Crippen LogP) is 6.59. The summed E-state index contributed by atoms with van der Waals surface area (Å²) in [6, 6.07) is 19.4. The van der Waals surface area contributed by atoms with Crippen molar-refractivity contribution in [1.29, 1.82) is 0 Å². The van der Waals surface area contributed by atoms with E-state index in [0.29, 0.717) is 33.3 Å². The van der Waals surface area contributed by atoms with Gasteiger partial charge in [-0.1, -0.05) is 68.8 Å². The first-order valence-corrected chi connectivity index (χ1v) is 14.5. The van der Waals surface area contributed by atoms with Crippen LogP contribution in [0.4, 0.5) is 14.6 Å². The summed E-state index contributed by atoms with van der Waals surface area (Å²) in [6.07, 6.45) is 0. The van der Waals surface area contributed by atoms with Crippen LogP contribution in [0.5, 0.6) is 0 Å². The van der Waals surface area contributed by atoms with Crippen LogP contribution >= 0.6 is 23.4 Å². The van der Waals surface area contributed by atoms with E-state index in [9.17, 15) is 14.0 Å². The fraction of sp³-hybridized carbons (Fsp3) is 0.258. The number of nitrogens with zero attached hydrogens (tertiary/aromatic N) is 3. The molecule has 4 aromatic rings. The minimum Gasteiger partial charge on any atom is -0.350 e. The van der Waals surface area contributed by atoms with Crippen LogP contribution in [0.1, 0.15) is 48.4 Å². The number of halogens is 3. The van der Waals surface area contributed by atoms with Crippen molar-refractivity contribution in [2.75, 3.05) is 17.2 Å². The Balaban J connectivity index is 1.64. The van der Waals surface area contributed by atoms with E-state index in [1.165, 1.54) is 34.9 Å². The summed E-state index contributed by atoms with van der Waals surface area (Å²) in [6.45, 7) is 5.91. The molecule has 0 radical (unpaired) electrons. The molecule has 0 bridgehead atoms. The topological polar surface area (TPSA) is 67.2 Å². The molecule has 2 heterocycles. The van der Waals surface area contributed by atoms with Gasteiger partial charge in [0.05, 0.1) is 22.4 Å². The van der Waals surface area contributed by atoms with Gasteiger partial charge < -0.3 is 5.32 Å². The molecule has 3 aromatic carbocycles. The minimum absolute atomic E-state index is 0.0258. The number of hydrogen-bond donors (Lipinski definition) is 1. The van der Waals surface area contributed by atoms with Gasteiger partial charge in [0.15, 0.2) is 0 Å². The number of amides is 2. The summed E-state index contributed by atoms with van der Waals surface area (Å²) in [7, 11) is 0. The monoisotopic (exact) mass is 594 g/mol. The molecule has 0 fully saturated rings. The molecule has 41 heavy (non-hydrogen) atoms. The molecule has 1 atom stereocenters. The average molecular weight is 595 g/mol. The number of rotatable bonds is 6. The van der Waals surface area contributed by atoms with Gasteiger partial charge in [0.25, 0.3) is 0 Å². The van der Waals surface area contributed by atoms with Gasteiger partial charge in [0.1, 0.15) is 24.0 Å². The quantitative estimate of drug-likeness (QED) is 0.274. The van der Waals surface area contributed by atoms with E-state index < -0.39 is 16.6 Å². The van der Waals surface area contributed by atoms with Crippen LogP contribution in [0.15, 0.2) is 72.8 Å². The standard InChI is InChI=1S/C31H29ClF2N4O2S/c1-31(2,3)29-27-28(23-9-4-5-10-24(23)34)41-18-26(40)37(17-25(39)35-16-19-11-13-21(33)14-12-19)30(27)38(36-29)22-8-6-7-20(32)15-22/h4-15,28H,16-18H2,1-3H3,(H,35,39). The molecule has 1 N–H and O–H groups in total. The maximum atomic E-state index is 15.3. The highest BCUT2D eigenvalue weighted by Crippen LogP contribution is 2.49. The number of nitrogens with one attached hydrogen (secondary N) is 1. The summed E-state index contributed by atoms with van der Waals surface area (Å²) < 4.78 is 30.2. The van der Waals surface area contributed by atoms with Gasteiger partial charge in [-0.15, -0.1) is 11.8 Å². The highest BCUT2D eigenvalue weighted by molar-refractivity contribution is 8.00. The Bertz CT molecular complexity index is 1600. The Kier molecular flexibility index (Phi) is 8.20. The first-order valence-electron chi connectivity index (χ1n) is 13.1. The molecule has 212 valence electrons. The molecular formula is C31H29ClF2N4O2S. The number of benzene rings is 3. The second-order valence-electron chi connectivity index (χ2n) is 10.8. The lowest BCUT2D eigenvalue weighted by Crippen LogP contribution is -2.42. The van der Waals surface area contributed by atoms with Gasteiger partial charge >= 0.3 is 0 Å². The molecule has 0 aliphatic carbocycles. The van der Waals surface area contributed by atoms with Gasteiger partial charge in [0, 0.05) is 28.1 Å². The zero-order valence-electron chi connectivity index (χ0n) is 22.8. The molecule has 6 nitrogen and oxygen atoms in total. The van der Waals surface area contributed by atoms with Crippen molar-refractivity contribution in [1.82, 2.24) is 15.1 Å². The van der Waals surface area contributed by atoms with Crippen molar-refractivity contribution >= 4 is 41.0 Å². The molecule has 10 heteroatoms. The van der Waals surface area contributed by atoms with E-state index in [-0.39, 0.29) is 36.4 Å². The Morgan fingerprint density at radius 3 is 2.49 bits per heavy atom. The van der Waals surface area contributed by atoms with Gasteiger partial charge in [0.2, 0.25) is 11.8 Å². The Morgan fingerprint density at radius 2 is 1.80 bits per heavy atom. The smallest absolute Gasteiger partial charge is 0.240 e. The molecular weight excluding hydrogens is 566 g/mol. The summed E-state index contributed by atoms with van der Waals surface area (Å²) in [4.78, 5) is 28.4. The first-order chi connectivity index (χ1) is 19.5. The van der Waals surface area contributed by atoms with Crippen molar-refractivity contribution in [3.63, 3.8) is 0 Å². The second-order valence-corrected chi connectivity index (χ2v) is 12.4. The van der Waals surface area contributed by atoms with E-state index in [1.54, 1.807) is 53.2 Å². The number of aromatic nitrogens is 2. The van der Waals surface area contributed by atoms with Crippen molar-refractivity contribution in [2.24, 2.45) is 0 Å². The lowest BCUT2D eigenvalue weighted by atomic mass is 9.87. The molecule has 1 aliphatic heterocycles. The lowest BCUT2D eigenvalue weighted by Gasteiger charge is -2.24. The molecule has 2 amide bonds. The van der Waals surface area contributed by atoms with Crippen molar-refractivity contribution < 1.29 is 18.4 Å². The third-order valence-electron chi connectivity index (χ3n) is 6.74. The Labute approximate surface area is 246 Å². The molecule has 1 unspecified atom stereocenters. The largest absolute Gasteiger partial charge is 0.350 e. The van der Waals surface area contributed by atoms with E-state index >= 15 is 4.39 Å². The van der Waals surface area contributed by atoms with E-state index in [2.05, 4.69) is 5.32 Å². The normalized spacial score (nSPS) is 15.4. The lowest BCUT2D eigenvalue weighted by molar-refractivity contribution is -0.123. The Hall–Kier alpha value is -3.69. The number of thioether (sulfide) groups is 1. The predicted molar refractivity (Wildman–Crippen MR) is 159 cm³/mol. The van der Waals surface area contributed by atoms with E-state index in [0.717, 1.165) is 5.56 Å². The van der Waals surface area contributed by atoms with Crippen LogP contribution in [-0.4, -0.2) is 33.9 Å². The first kappa shape index (κ1) is 28.8. The van der Waals surface area contributed by atoms with Crippen LogP contribution in [0, 0.1) is 11.6 Å². The number of anilines is 1. The van der Waals surface area contributed by atoms with Crippen LogP contribution in [-0.2, 0) is 21.5 Å². The van der Waals surface area contributed by atoms with Crippen molar-refractivity contribution in [3.05, 3.63) is 112 Å². The summed E-state index contributed by atoms with van der Waals surface area (Å²) in [5.41, 5.74) is 2.63. The molecule has 5 rings (SSSR count). The summed E-state index contributed by atoms with van der Waals surface area (Å²) >= 11 is 7.66. The van der Waals surface area contributed by atoms with Crippen molar-refractivity contribution in [3.8, 4) is 5.69 Å². The fourth-order valence-electron chi connectivity index (χ4n) is 4.80. The van der Waals surface area contributed by atoms with Gasteiger partial charge in [-0.25, -0.2) is 13.5 Å². The SMILES string of the molecule is CC(C)(C)c1nn(-c2cccc(Cl)c2)c2c1C(c1ccccc1F)SCC(=O)N2CC(=O)NCc1ccc(F)cc1. The third-order valence-corrected chi connectivity index (χ3v) is 8.22. The summed E-state index contributed by atoms with van der Waals surface area (Å²) in [5.74, 6) is -1.04. The zero-order chi connectivity index (χ0) is 29.3. The maximum Gasteiger partial charge on any atom is 0.240 e. The average Bonchev–Trinajstić information content (AvgIpc) is 3.27. The molecule has 1 aromatic heterocycles. The highest BCUT2D eigenvalue weighted by atomic mass is 35.5. The van der Waals surface area contributed by atoms with E-state index in [1.807, 2.05) is 26.8 Å². The zero-order valence-corrected chi connectivity index (χ0v) is 24.4. The number of fused-ring (bicyclic) bond motifs is 1. The highest BCUT2D eigenvalue weighted by Gasteiger charge is 2.40. The van der Waals surface area contributed by atoms with E-state index in [4.69, 9.17) is 16.7 Å². The molecule has 0 spiro atoms. The number of carbonyl (C=O) groups is 2. The van der Waals surface area contributed by atoms with Gasteiger partial charge in [-0.3, -0.25) is 14.5 Å². The maximum absolute atomic E-state index is 15.3. The van der Waals surface area contributed by atoms with Gasteiger partial charge in [-0.05, 0) is 42.0 Å². The summed E-state index contributed by atoms with van der Waals surface area (Å²) in [5, 5.41) is 7.73. The van der Waals surface area contributed by atoms with Crippen LogP contribution in [0.2, 0.25) is 5.02 Å². The van der Waals surface area contributed by atoms with Gasteiger partial charge in [-0.2, -0.15) is 5.10 Å². The van der Waals surface area contributed by atoms with Crippen molar-refractivity contribution in [2.45, 2.75) is 38.0 Å². The van der Waals surface area contributed by atoms with Crippen LogP contribution in [0.25, 0.3) is 5.69 Å². The van der Waals surface area contributed by atoms with Crippen LogP contribution in [0.3, 0.4) is 0 Å². The third kappa shape index (κ3) is 6.16. The molecule has 1 aliphatic rings.